The molecule has 0 unspecified atom stereocenters. The normalized spacial score (nSPS) is 11.5. The highest BCUT2D eigenvalue weighted by atomic mass is 127. The van der Waals surface area contributed by atoms with E-state index in [9.17, 15) is 4.79 Å². The van der Waals surface area contributed by atoms with Crippen molar-refractivity contribution in [3.63, 3.8) is 0 Å². The molecule has 5 nitrogen and oxygen atoms in total. The highest BCUT2D eigenvalue weighted by Gasteiger charge is 2.20. The molecule has 3 aromatic rings. The Labute approximate surface area is 201 Å². The van der Waals surface area contributed by atoms with E-state index in [1.165, 1.54) is 10.9 Å². The maximum atomic E-state index is 12.4. The summed E-state index contributed by atoms with van der Waals surface area (Å²) in [5.41, 5.74) is 3.60. The largest absolute Gasteiger partial charge is 0.485 e. The number of hydrogen-bond acceptors (Lipinski definition) is 4. The molecule has 0 N–H and O–H groups in total. The third kappa shape index (κ3) is 6.30. The zero-order valence-corrected chi connectivity index (χ0v) is 20.8. The van der Waals surface area contributed by atoms with Crippen molar-refractivity contribution in [2.24, 2.45) is 0 Å². The first-order valence-electron chi connectivity index (χ1n) is 10.0. The molecule has 0 radical (unpaired) electrons. The Morgan fingerprint density at radius 2 is 1.52 bits per heavy atom. The van der Waals surface area contributed by atoms with E-state index < -0.39 is 5.54 Å². The predicted octanol–water partition coefficient (Wildman–Crippen LogP) is 5.85. The second-order valence-electron chi connectivity index (χ2n) is 8.13. The van der Waals surface area contributed by atoms with Crippen LogP contribution in [0.15, 0.2) is 59.5 Å². The molecule has 0 amide bonds. The van der Waals surface area contributed by atoms with Crippen molar-refractivity contribution >= 4 is 34.2 Å². The minimum absolute atomic E-state index is 0.0455. The maximum absolute atomic E-state index is 12.4. The van der Waals surface area contributed by atoms with Crippen LogP contribution in [0, 0.1) is 0 Å². The van der Waals surface area contributed by atoms with E-state index in [-0.39, 0.29) is 16.3 Å². The second kappa shape index (κ2) is 10.6. The lowest BCUT2D eigenvalue weighted by Gasteiger charge is -2.21. The Morgan fingerprint density at radius 1 is 0.968 bits per heavy atom. The Balaban J connectivity index is 1.64. The predicted molar refractivity (Wildman–Crippen MR) is 133 cm³/mol. The van der Waals surface area contributed by atoms with Gasteiger partial charge in [0.1, 0.15) is 6.61 Å². The van der Waals surface area contributed by atoms with Gasteiger partial charge in [0.15, 0.2) is 10.8 Å². The zero-order valence-electron chi connectivity index (χ0n) is 17.9. The first-order valence-corrected chi connectivity index (χ1v) is 11.9. The monoisotopic (exact) mass is 552 g/mol. The van der Waals surface area contributed by atoms with Crippen LogP contribution in [0.3, 0.4) is 0 Å². The van der Waals surface area contributed by atoms with Gasteiger partial charge in [0.05, 0.1) is 24.9 Å². The molecule has 164 valence electrons. The van der Waals surface area contributed by atoms with E-state index in [4.69, 9.17) is 21.1 Å². The number of alkyl halides is 1. The first-order chi connectivity index (χ1) is 14.8. The minimum atomic E-state index is -0.449. The van der Waals surface area contributed by atoms with Crippen molar-refractivity contribution in [1.82, 2.24) is 9.78 Å². The number of benzene rings is 2. The number of halogens is 2. The zero-order chi connectivity index (χ0) is 22.4. The van der Waals surface area contributed by atoms with Crippen LogP contribution in [0.4, 0.5) is 0 Å². The summed E-state index contributed by atoms with van der Waals surface area (Å²) < 4.78 is 13.7. The molecule has 0 atom stereocenters. The molecular formula is C24H26ClIN2O3. The molecule has 0 spiro atoms. The second-order valence-corrected chi connectivity index (χ2v) is 9.59. The third-order valence-corrected chi connectivity index (χ3v) is 5.44. The molecule has 31 heavy (non-hydrogen) atoms. The van der Waals surface area contributed by atoms with Crippen LogP contribution in [-0.4, -0.2) is 20.8 Å². The molecule has 0 aliphatic carbocycles. The van der Waals surface area contributed by atoms with Crippen LogP contribution >= 0.6 is 34.2 Å². The molecule has 1 heterocycles. The summed E-state index contributed by atoms with van der Waals surface area (Å²) >= 11 is 8.52. The van der Waals surface area contributed by atoms with Gasteiger partial charge in [-0.3, -0.25) is 4.79 Å². The lowest BCUT2D eigenvalue weighted by atomic mass is 10.0. The fourth-order valence-electron chi connectivity index (χ4n) is 2.99. The van der Waals surface area contributed by atoms with Crippen LogP contribution < -0.4 is 10.3 Å². The van der Waals surface area contributed by atoms with Crippen LogP contribution in [0.5, 0.6) is 5.75 Å². The van der Waals surface area contributed by atoms with Crippen molar-refractivity contribution in [2.75, 3.05) is 11.0 Å². The molecular weight excluding hydrogens is 527 g/mol. The molecule has 0 saturated carbocycles. The smallest absolute Gasteiger partial charge is 0.289 e. The lowest BCUT2D eigenvalue weighted by molar-refractivity contribution is 0.138. The number of nitrogens with zero attached hydrogens (tertiary/aromatic N) is 2. The van der Waals surface area contributed by atoms with Crippen molar-refractivity contribution in [3.8, 4) is 16.9 Å². The third-order valence-electron chi connectivity index (χ3n) is 4.65. The Hall–Kier alpha value is -1.90. The van der Waals surface area contributed by atoms with Crippen molar-refractivity contribution in [2.45, 2.75) is 39.5 Å². The topological polar surface area (TPSA) is 53.4 Å². The Kier molecular flexibility index (Phi) is 8.13. The fourth-order valence-corrected chi connectivity index (χ4v) is 3.48. The van der Waals surface area contributed by atoms with E-state index in [0.717, 1.165) is 33.3 Å². The highest BCUT2D eigenvalue weighted by Crippen LogP contribution is 2.24. The van der Waals surface area contributed by atoms with Gasteiger partial charge in [-0.1, -0.05) is 82.7 Å². The number of ether oxygens (including phenoxy) is 2. The standard InChI is InChI=1S/C24H26ClIN2O3/c1-24(2,3)28-23(29)22(25)21(14-27-28)31-16-18-6-10-20(11-7-18)19-8-4-17(5-9-19)15-30-13-12-26/h4-11,14H,12-13,15-16H2,1-3H3. The molecule has 0 aliphatic heterocycles. The van der Waals surface area contributed by atoms with Gasteiger partial charge in [0.25, 0.3) is 5.56 Å². The van der Waals surface area contributed by atoms with Gasteiger partial charge in [-0.05, 0) is 43.0 Å². The average Bonchev–Trinajstić information content (AvgIpc) is 2.75. The molecule has 0 aliphatic rings. The number of rotatable bonds is 8. The van der Waals surface area contributed by atoms with Crippen LogP contribution in [0.1, 0.15) is 31.9 Å². The number of hydrogen-bond donors (Lipinski definition) is 0. The summed E-state index contributed by atoms with van der Waals surface area (Å²) in [5.74, 6) is 0.289. The summed E-state index contributed by atoms with van der Waals surface area (Å²) in [7, 11) is 0. The van der Waals surface area contributed by atoms with Gasteiger partial charge in [0, 0.05) is 4.43 Å². The van der Waals surface area contributed by atoms with Crippen molar-refractivity contribution in [3.05, 3.63) is 81.2 Å². The molecule has 0 fully saturated rings. The molecule has 3 rings (SSSR count). The quantitative estimate of drug-likeness (QED) is 0.200. The van der Waals surface area contributed by atoms with Crippen molar-refractivity contribution < 1.29 is 9.47 Å². The van der Waals surface area contributed by atoms with Crippen LogP contribution in [0.25, 0.3) is 11.1 Å². The summed E-state index contributed by atoms with van der Waals surface area (Å²) in [6, 6.07) is 16.5. The molecule has 1 aromatic heterocycles. The van der Waals surface area contributed by atoms with Crippen molar-refractivity contribution in [1.29, 1.82) is 0 Å². The molecule has 0 saturated heterocycles. The molecule has 2 aromatic carbocycles. The van der Waals surface area contributed by atoms with E-state index in [1.807, 2.05) is 32.9 Å². The van der Waals surface area contributed by atoms with E-state index in [0.29, 0.717) is 13.2 Å². The van der Waals surface area contributed by atoms with Gasteiger partial charge in [-0.2, -0.15) is 5.10 Å². The highest BCUT2D eigenvalue weighted by molar-refractivity contribution is 14.1. The number of aromatic nitrogens is 2. The Morgan fingerprint density at radius 3 is 2.03 bits per heavy atom. The van der Waals surface area contributed by atoms with Gasteiger partial charge in [0.2, 0.25) is 0 Å². The van der Waals surface area contributed by atoms with Gasteiger partial charge in [-0.15, -0.1) is 0 Å². The van der Waals surface area contributed by atoms with Crippen LogP contribution in [0.2, 0.25) is 5.02 Å². The summed E-state index contributed by atoms with van der Waals surface area (Å²) in [5, 5.41) is 4.24. The molecule has 7 heteroatoms. The lowest BCUT2D eigenvalue weighted by Crippen LogP contribution is -2.36. The van der Waals surface area contributed by atoms with Gasteiger partial charge >= 0.3 is 0 Å². The summed E-state index contributed by atoms with van der Waals surface area (Å²) in [6.07, 6.45) is 1.49. The maximum Gasteiger partial charge on any atom is 0.289 e. The molecule has 0 bridgehead atoms. The Bertz CT molecular complexity index is 1060. The minimum Gasteiger partial charge on any atom is -0.485 e. The SMILES string of the molecule is CC(C)(C)n1ncc(OCc2ccc(-c3ccc(COCCI)cc3)cc2)c(Cl)c1=O. The fraction of sp³-hybridized carbons (Fsp3) is 0.333. The first kappa shape index (κ1) is 23.8. The van der Waals surface area contributed by atoms with E-state index in [1.54, 1.807) is 0 Å². The summed E-state index contributed by atoms with van der Waals surface area (Å²) in [6.45, 7) is 7.39. The van der Waals surface area contributed by atoms with Gasteiger partial charge < -0.3 is 9.47 Å². The van der Waals surface area contributed by atoms with Crippen LogP contribution in [-0.2, 0) is 23.5 Å². The van der Waals surface area contributed by atoms with E-state index >= 15 is 0 Å². The summed E-state index contributed by atoms with van der Waals surface area (Å²) in [4.78, 5) is 12.4. The average molecular weight is 553 g/mol. The van der Waals surface area contributed by atoms with E-state index in [2.05, 4.69) is 64.1 Å². The van der Waals surface area contributed by atoms with Gasteiger partial charge in [-0.25, -0.2) is 4.68 Å².